The van der Waals surface area contributed by atoms with Gasteiger partial charge in [-0.05, 0) is 68.4 Å². The molecule has 5 rings (SSSR count). The van der Waals surface area contributed by atoms with Gasteiger partial charge in [-0.15, -0.1) is 0 Å². The van der Waals surface area contributed by atoms with Gasteiger partial charge in [0.2, 0.25) is 0 Å². The molecule has 1 aliphatic heterocycles. The van der Waals surface area contributed by atoms with Crippen molar-refractivity contribution >= 4 is 34.5 Å². The van der Waals surface area contributed by atoms with Crippen LogP contribution in [0.1, 0.15) is 54.0 Å². The Morgan fingerprint density at radius 1 is 0.844 bits per heavy atom. The number of rotatable bonds is 2. The van der Waals surface area contributed by atoms with Gasteiger partial charge in [-0.25, -0.2) is 0 Å². The molecule has 1 saturated heterocycles. The van der Waals surface area contributed by atoms with Crippen molar-refractivity contribution in [2.75, 3.05) is 0 Å². The number of fused-ring (bicyclic) bond motifs is 3. The summed E-state index contributed by atoms with van der Waals surface area (Å²) in [7, 11) is -0.415. The van der Waals surface area contributed by atoms with Crippen molar-refractivity contribution in [3.8, 4) is 11.3 Å². The van der Waals surface area contributed by atoms with E-state index in [0.717, 1.165) is 38.7 Å². The van der Waals surface area contributed by atoms with Crippen molar-refractivity contribution in [2.24, 2.45) is 0 Å². The Morgan fingerprint density at radius 2 is 1.56 bits per heavy atom. The third-order valence-corrected chi connectivity index (χ3v) is 6.95. The van der Waals surface area contributed by atoms with Crippen molar-refractivity contribution in [2.45, 2.75) is 65.1 Å². The molecule has 0 N–H and O–H groups in total. The first kappa shape index (κ1) is 21.2. The second-order valence-electron chi connectivity index (χ2n) is 10.8. The van der Waals surface area contributed by atoms with Crippen LogP contribution in [0.3, 0.4) is 0 Å². The lowest BCUT2D eigenvalue weighted by Crippen LogP contribution is -2.41. The number of nitrogens with zero attached hydrogens (tertiary/aromatic N) is 1. The van der Waals surface area contributed by atoms with E-state index in [1.54, 1.807) is 0 Å². The zero-order valence-electron chi connectivity index (χ0n) is 19.9. The van der Waals surface area contributed by atoms with Gasteiger partial charge >= 0.3 is 7.12 Å². The Labute approximate surface area is 190 Å². The molecule has 0 spiro atoms. The highest BCUT2D eigenvalue weighted by atomic mass is 16.7. The van der Waals surface area contributed by atoms with Crippen molar-refractivity contribution in [3.63, 3.8) is 0 Å². The molecule has 0 saturated carbocycles. The van der Waals surface area contributed by atoms with E-state index in [0.29, 0.717) is 0 Å². The average molecular weight is 427 g/mol. The molecular weight excluding hydrogens is 397 g/mol. The molecule has 0 atom stereocenters. The van der Waals surface area contributed by atoms with E-state index in [-0.39, 0.29) is 16.6 Å². The van der Waals surface area contributed by atoms with Crippen molar-refractivity contribution < 1.29 is 13.7 Å². The normalized spacial score (nSPS) is 18.0. The van der Waals surface area contributed by atoms with E-state index in [4.69, 9.17) is 13.7 Å². The smallest absolute Gasteiger partial charge is 0.455 e. The van der Waals surface area contributed by atoms with Gasteiger partial charge in [0.15, 0.2) is 0 Å². The first-order valence-corrected chi connectivity index (χ1v) is 11.2. The van der Waals surface area contributed by atoms with Crippen molar-refractivity contribution in [1.29, 1.82) is 0 Å². The summed E-state index contributed by atoms with van der Waals surface area (Å²) in [6.07, 6.45) is 1.88. The summed E-state index contributed by atoms with van der Waals surface area (Å²) in [5.41, 5.74) is 5.11. The molecule has 4 nitrogen and oxygen atoms in total. The molecular formula is C27H30BNO3. The Balaban J connectivity index is 1.61. The van der Waals surface area contributed by atoms with Gasteiger partial charge in [0.05, 0.1) is 16.9 Å². The number of hydrogen-bond acceptors (Lipinski definition) is 4. The summed E-state index contributed by atoms with van der Waals surface area (Å²) in [4.78, 5) is 4.66. The summed E-state index contributed by atoms with van der Waals surface area (Å²) in [5.74, 6) is 0. The van der Waals surface area contributed by atoms with E-state index in [9.17, 15) is 0 Å². The Kier molecular flexibility index (Phi) is 4.60. The van der Waals surface area contributed by atoms with Gasteiger partial charge in [-0.3, -0.25) is 4.98 Å². The first-order valence-electron chi connectivity index (χ1n) is 11.2. The number of para-hydroxylation sites is 1. The van der Waals surface area contributed by atoms with Gasteiger partial charge in [0.1, 0.15) is 11.2 Å². The maximum Gasteiger partial charge on any atom is 0.494 e. The Bertz CT molecular complexity index is 1310. The minimum absolute atomic E-state index is 0.0528. The topological polar surface area (TPSA) is 44.5 Å². The summed E-state index contributed by atoms with van der Waals surface area (Å²) < 4.78 is 18.9. The van der Waals surface area contributed by atoms with Crippen LogP contribution >= 0.6 is 0 Å². The summed E-state index contributed by atoms with van der Waals surface area (Å²) in [6.45, 7) is 14.9. The van der Waals surface area contributed by atoms with E-state index >= 15 is 0 Å². The molecule has 2 aromatic carbocycles. The molecule has 2 aromatic heterocycles. The standard InChI is InChI=1S/C27H30BNO3/c1-25(2,3)17-13-14-29-22(15-17)21-10-8-9-20-19-12-11-18(16-23(19)30-24(20)21)28-31-26(4,5)27(6,7)32-28/h8-16H,1-7H3. The third kappa shape index (κ3) is 3.35. The minimum Gasteiger partial charge on any atom is -0.455 e. The Morgan fingerprint density at radius 3 is 2.25 bits per heavy atom. The van der Waals surface area contributed by atoms with E-state index in [1.165, 1.54) is 5.56 Å². The number of furan rings is 1. The van der Waals surface area contributed by atoms with Crippen LogP contribution in [0.5, 0.6) is 0 Å². The average Bonchev–Trinajstić information content (AvgIpc) is 3.20. The number of hydrogen-bond donors (Lipinski definition) is 0. The lowest BCUT2D eigenvalue weighted by Gasteiger charge is -2.32. The highest BCUT2D eigenvalue weighted by molar-refractivity contribution is 6.62. The molecule has 0 radical (unpaired) electrons. The fraction of sp³-hybridized carbons (Fsp3) is 0.370. The van der Waals surface area contributed by atoms with Gasteiger partial charge in [-0.1, -0.05) is 45.0 Å². The van der Waals surface area contributed by atoms with Crippen LogP contribution in [0.25, 0.3) is 33.2 Å². The minimum atomic E-state index is -0.415. The van der Waals surface area contributed by atoms with E-state index in [1.807, 2.05) is 12.3 Å². The molecule has 0 amide bonds. The quantitative estimate of drug-likeness (QED) is 0.355. The second kappa shape index (κ2) is 6.93. The zero-order chi connectivity index (χ0) is 22.9. The monoisotopic (exact) mass is 427 g/mol. The Hall–Kier alpha value is -2.63. The highest BCUT2D eigenvalue weighted by Gasteiger charge is 2.51. The summed E-state index contributed by atoms with van der Waals surface area (Å²) in [5, 5.41) is 2.16. The lowest BCUT2D eigenvalue weighted by molar-refractivity contribution is 0.00578. The predicted octanol–water partition coefficient (Wildman–Crippen LogP) is 6.24. The largest absolute Gasteiger partial charge is 0.494 e. The van der Waals surface area contributed by atoms with Crippen LogP contribution in [0.15, 0.2) is 59.1 Å². The van der Waals surface area contributed by atoms with Crippen LogP contribution in [0.4, 0.5) is 0 Å². The van der Waals surface area contributed by atoms with Gasteiger partial charge in [0.25, 0.3) is 0 Å². The van der Waals surface area contributed by atoms with Crippen LogP contribution in [0, 0.1) is 0 Å². The molecule has 3 heterocycles. The maximum atomic E-state index is 6.42. The summed E-state index contributed by atoms with van der Waals surface area (Å²) in [6, 6.07) is 16.7. The zero-order valence-corrected chi connectivity index (χ0v) is 19.9. The van der Waals surface area contributed by atoms with E-state index < -0.39 is 7.12 Å². The molecule has 5 heteroatoms. The van der Waals surface area contributed by atoms with Crippen molar-refractivity contribution in [3.05, 3.63) is 60.3 Å². The predicted molar refractivity (Wildman–Crippen MR) is 131 cm³/mol. The molecule has 0 aliphatic carbocycles. The fourth-order valence-corrected chi connectivity index (χ4v) is 4.19. The lowest BCUT2D eigenvalue weighted by atomic mass is 9.79. The molecule has 0 unspecified atom stereocenters. The fourth-order valence-electron chi connectivity index (χ4n) is 4.19. The van der Waals surface area contributed by atoms with E-state index in [2.05, 4.69) is 95.9 Å². The maximum absolute atomic E-state index is 6.42. The molecule has 32 heavy (non-hydrogen) atoms. The molecule has 1 aliphatic rings. The second-order valence-corrected chi connectivity index (χ2v) is 10.8. The van der Waals surface area contributed by atoms with Crippen LogP contribution in [0.2, 0.25) is 0 Å². The van der Waals surface area contributed by atoms with Gasteiger partial charge in [-0.2, -0.15) is 0 Å². The highest BCUT2D eigenvalue weighted by Crippen LogP contribution is 2.38. The van der Waals surface area contributed by atoms with Gasteiger partial charge in [0, 0.05) is 22.5 Å². The SMILES string of the molecule is CC(C)(C)c1ccnc(-c2cccc3c2oc2cc(B4OC(C)(C)C(C)(C)O4)ccc23)c1. The van der Waals surface area contributed by atoms with Crippen LogP contribution < -0.4 is 5.46 Å². The molecule has 164 valence electrons. The molecule has 4 aromatic rings. The first-order chi connectivity index (χ1) is 15.0. The van der Waals surface area contributed by atoms with Gasteiger partial charge < -0.3 is 13.7 Å². The number of benzene rings is 2. The van der Waals surface area contributed by atoms with Crippen molar-refractivity contribution in [1.82, 2.24) is 4.98 Å². The van der Waals surface area contributed by atoms with Crippen LogP contribution in [-0.2, 0) is 14.7 Å². The van der Waals surface area contributed by atoms with Crippen LogP contribution in [-0.4, -0.2) is 23.3 Å². The molecule has 1 fully saturated rings. The third-order valence-electron chi connectivity index (χ3n) is 6.95. The number of pyridine rings is 1. The summed E-state index contributed by atoms with van der Waals surface area (Å²) >= 11 is 0. The molecule has 0 bridgehead atoms. The number of aromatic nitrogens is 1.